The number of aromatic nitrogens is 1. The van der Waals surface area contributed by atoms with Gasteiger partial charge in [0, 0.05) is 18.9 Å². The van der Waals surface area contributed by atoms with E-state index in [0.29, 0.717) is 13.0 Å². The fourth-order valence-corrected chi connectivity index (χ4v) is 4.30. The van der Waals surface area contributed by atoms with E-state index in [0.717, 1.165) is 22.3 Å². The van der Waals surface area contributed by atoms with Gasteiger partial charge in [-0.25, -0.2) is 4.79 Å². The highest BCUT2D eigenvalue weighted by Gasteiger charge is 2.29. The lowest BCUT2D eigenvalue weighted by molar-refractivity contribution is -0.138. The SMILES string of the molecule is CC(CCNC(=O)c1conc1CNC(=O)OCC1c2ccccc2-c2ccccc21)CC(=O)O. The zero-order valence-corrected chi connectivity index (χ0v) is 19.3. The second-order valence-electron chi connectivity index (χ2n) is 8.60. The number of carboxylic acids is 1. The molecule has 0 bridgehead atoms. The number of hydrogen-bond acceptors (Lipinski definition) is 6. The Labute approximate surface area is 202 Å². The van der Waals surface area contributed by atoms with E-state index in [-0.39, 0.29) is 42.7 Å². The lowest BCUT2D eigenvalue weighted by Crippen LogP contribution is -2.29. The van der Waals surface area contributed by atoms with Crippen LogP contribution in [0.1, 0.15) is 52.9 Å². The molecule has 9 heteroatoms. The number of nitrogens with one attached hydrogen (secondary N) is 2. The van der Waals surface area contributed by atoms with Crippen molar-refractivity contribution in [1.29, 1.82) is 0 Å². The molecule has 1 aliphatic carbocycles. The highest BCUT2D eigenvalue weighted by Crippen LogP contribution is 2.44. The van der Waals surface area contributed by atoms with Crippen molar-refractivity contribution in [2.45, 2.75) is 32.2 Å². The fourth-order valence-electron chi connectivity index (χ4n) is 4.30. The predicted molar refractivity (Wildman–Crippen MR) is 127 cm³/mol. The first-order valence-electron chi connectivity index (χ1n) is 11.5. The maximum absolute atomic E-state index is 12.4. The van der Waals surface area contributed by atoms with Gasteiger partial charge in [-0.15, -0.1) is 0 Å². The lowest BCUT2D eigenvalue weighted by atomic mass is 9.98. The van der Waals surface area contributed by atoms with Gasteiger partial charge in [0.25, 0.3) is 5.91 Å². The first-order valence-corrected chi connectivity index (χ1v) is 11.5. The molecule has 2 amide bonds. The van der Waals surface area contributed by atoms with Crippen molar-refractivity contribution in [3.05, 3.63) is 77.2 Å². The normalized spacial score (nSPS) is 12.9. The minimum Gasteiger partial charge on any atom is -0.481 e. The van der Waals surface area contributed by atoms with Gasteiger partial charge < -0.3 is 25.0 Å². The first-order chi connectivity index (χ1) is 16.9. The molecule has 0 radical (unpaired) electrons. The number of amides is 2. The van der Waals surface area contributed by atoms with Gasteiger partial charge in [-0.1, -0.05) is 60.6 Å². The van der Waals surface area contributed by atoms with Crippen LogP contribution >= 0.6 is 0 Å². The highest BCUT2D eigenvalue weighted by atomic mass is 16.5. The van der Waals surface area contributed by atoms with E-state index in [1.54, 1.807) is 0 Å². The third-order valence-corrected chi connectivity index (χ3v) is 6.08. The minimum absolute atomic E-state index is 0.0364. The number of hydrogen-bond donors (Lipinski definition) is 3. The van der Waals surface area contributed by atoms with Gasteiger partial charge in [0.1, 0.15) is 24.1 Å². The van der Waals surface area contributed by atoms with Gasteiger partial charge in [-0.3, -0.25) is 9.59 Å². The number of alkyl carbamates (subject to hydrolysis) is 1. The molecule has 2 aromatic carbocycles. The van der Waals surface area contributed by atoms with Crippen LogP contribution in [0.3, 0.4) is 0 Å². The third-order valence-electron chi connectivity index (χ3n) is 6.08. The smallest absolute Gasteiger partial charge is 0.407 e. The van der Waals surface area contributed by atoms with Crippen molar-refractivity contribution in [2.75, 3.05) is 13.2 Å². The van der Waals surface area contributed by atoms with E-state index >= 15 is 0 Å². The Morgan fingerprint density at radius 1 is 1.06 bits per heavy atom. The topological polar surface area (TPSA) is 131 Å². The molecule has 9 nitrogen and oxygen atoms in total. The van der Waals surface area contributed by atoms with Gasteiger partial charge in [0.2, 0.25) is 0 Å². The molecular formula is C26H27N3O6. The molecule has 3 N–H and O–H groups in total. The molecule has 1 aliphatic rings. The average molecular weight is 478 g/mol. The average Bonchev–Trinajstić information content (AvgIpc) is 3.44. The van der Waals surface area contributed by atoms with Gasteiger partial charge in [0.05, 0.1) is 6.54 Å². The molecule has 182 valence electrons. The number of fused-ring (bicyclic) bond motifs is 3. The van der Waals surface area contributed by atoms with Gasteiger partial charge in [-0.2, -0.15) is 0 Å². The number of ether oxygens (including phenoxy) is 1. The molecule has 0 saturated heterocycles. The summed E-state index contributed by atoms with van der Waals surface area (Å²) in [5.74, 6) is -1.39. The molecule has 1 unspecified atom stereocenters. The molecule has 4 rings (SSSR count). The van der Waals surface area contributed by atoms with Gasteiger partial charge >= 0.3 is 12.1 Å². The molecular weight excluding hydrogens is 450 g/mol. The van der Waals surface area contributed by atoms with E-state index in [1.807, 2.05) is 43.3 Å². The summed E-state index contributed by atoms with van der Waals surface area (Å²) in [6, 6.07) is 16.2. The zero-order valence-electron chi connectivity index (χ0n) is 19.3. The van der Waals surface area contributed by atoms with Crippen LogP contribution in [0.15, 0.2) is 59.3 Å². The van der Waals surface area contributed by atoms with Crippen LogP contribution in [0, 0.1) is 5.92 Å². The lowest BCUT2D eigenvalue weighted by Gasteiger charge is -2.14. The molecule has 35 heavy (non-hydrogen) atoms. The standard InChI is InChI=1S/C26H27N3O6/c1-16(12-24(30)31)10-11-27-25(32)22-15-35-29-23(22)13-28-26(33)34-14-21-19-8-4-2-6-17(19)18-7-3-5-9-20(18)21/h2-9,15-16,21H,10-14H2,1H3,(H,27,32)(H,28,33)(H,30,31). The Bertz CT molecular complexity index is 1180. The number of carbonyl (C=O) groups is 3. The van der Waals surface area contributed by atoms with E-state index in [1.165, 1.54) is 6.26 Å². The Morgan fingerprint density at radius 2 is 1.71 bits per heavy atom. The summed E-state index contributed by atoms with van der Waals surface area (Å²) in [6.07, 6.45) is 1.16. The first kappa shape index (κ1) is 24.0. The molecule has 0 saturated carbocycles. The predicted octanol–water partition coefficient (Wildman–Crippen LogP) is 3.94. The van der Waals surface area contributed by atoms with Crippen LogP contribution in [0.2, 0.25) is 0 Å². The Balaban J connectivity index is 1.28. The summed E-state index contributed by atoms with van der Waals surface area (Å²) in [4.78, 5) is 35.6. The molecule has 3 aromatic rings. The maximum atomic E-state index is 12.4. The Hall–Kier alpha value is -4.14. The third kappa shape index (κ3) is 5.68. The summed E-state index contributed by atoms with van der Waals surface area (Å²) < 4.78 is 10.4. The number of benzene rings is 2. The van der Waals surface area contributed by atoms with Crippen LogP contribution in [0.4, 0.5) is 4.79 Å². The quantitative estimate of drug-likeness (QED) is 0.403. The number of nitrogens with zero attached hydrogens (tertiary/aromatic N) is 1. The van der Waals surface area contributed by atoms with E-state index in [2.05, 4.69) is 27.9 Å². The summed E-state index contributed by atoms with van der Waals surface area (Å²) in [7, 11) is 0. The Kier molecular flexibility index (Phi) is 7.45. The summed E-state index contributed by atoms with van der Waals surface area (Å²) >= 11 is 0. The summed E-state index contributed by atoms with van der Waals surface area (Å²) in [5.41, 5.74) is 5.01. The summed E-state index contributed by atoms with van der Waals surface area (Å²) in [6.45, 7) is 2.27. The zero-order chi connectivity index (χ0) is 24.8. The molecule has 0 aliphatic heterocycles. The monoisotopic (exact) mass is 477 g/mol. The van der Waals surface area contributed by atoms with E-state index < -0.39 is 18.0 Å². The van der Waals surface area contributed by atoms with Crippen molar-refractivity contribution in [3.8, 4) is 11.1 Å². The van der Waals surface area contributed by atoms with Crippen LogP contribution in [0.25, 0.3) is 11.1 Å². The van der Waals surface area contributed by atoms with E-state index in [4.69, 9.17) is 14.4 Å². The van der Waals surface area contributed by atoms with Gasteiger partial charge in [-0.05, 0) is 34.6 Å². The number of aliphatic carboxylic acids is 1. The largest absolute Gasteiger partial charge is 0.481 e. The Morgan fingerprint density at radius 3 is 2.37 bits per heavy atom. The summed E-state index contributed by atoms with van der Waals surface area (Å²) in [5, 5.41) is 18.0. The second-order valence-corrected chi connectivity index (χ2v) is 8.60. The van der Waals surface area contributed by atoms with Crippen LogP contribution in [-0.2, 0) is 16.1 Å². The highest BCUT2D eigenvalue weighted by molar-refractivity contribution is 5.94. The number of carbonyl (C=O) groups excluding carboxylic acids is 2. The van der Waals surface area contributed by atoms with Crippen molar-refractivity contribution in [3.63, 3.8) is 0 Å². The van der Waals surface area contributed by atoms with Crippen molar-refractivity contribution in [1.82, 2.24) is 15.8 Å². The number of carboxylic acid groups (broad SMARTS) is 1. The molecule has 1 aromatic heterocycles. The fraction of sp³-hybridized carbons (Fsp3) is 0.308. The molecule has 0 spiro atoms. The van der Waals surface area contributed by atoms with Crippen molar-refractivity contribution < 1.29 is 28.8 Å². The van der Waals surface area contributed by atoms with Crippen molar-refractivity contribution in [2.24, 2.45) is 5.92 Å². The van der Waals surface area contributed by atoms with Crippen LogP contribution in [-0.4, -0.2) is 41.4 Å². The minimum atomic E-state index is -0.871. The molecule has 1 heterocycles. The van der Waals surface area contributed by atoms with Crippen LogP contribution in [0.5, 0.6) is 0 Å². The van der Waals surface area contributed by atoms with Crippen molar-refractivity contribution >= 4 is 18.0 Å². The van der Waals surface area contributed by atoms with Crippen LogP contribution < -0.4 is 10.6 Å². The van der Waals surface area contributed by atoms with E-state index in [9.17, 15) is 14.4 Å². The number of rotatable bonds is 10. The second kappa shape index (κ2) is 10.9. The molecule has 1 atom stereocenters. The van der Waals surface area contributed by atoms with Gasteiger partial charge in [0.15, 0.2) is 0 Å². The molecule has 0 fully saturated rings. The maximum Gasteiger partial charge on any atom is 0.407 e.